The number of benzene rings is 1. The van der Waals surface area contributed by atoms with Crippen LogP contribution in [0.4, 0.5) is 11.7 Å². The highest BCUT2D eigenvalue weighted by Crippen LogP contribution is 2.32. The zero-order valence-electron chi connectivity index (χ0n) is 22.0. The van der Waals surface area contributed by atoms with Crippen molar-refractivity contribution < 1.29 is 18.8 Å². The number of aromatic nitrogens is 3. The number of nitrogens with two attached hydrogens (primary N) is 2. The van der Waals surface area contributed by atoms with Gasteiger partial charge in [-0.1, -0.05) is 50.2 Å². The molecule has 0 saturated heterocycles. The molecule has 0 spiro atoms. The van der Waals surface area contributed by atoms with E-state index in [2.05, 4.69) is 36.3 Å². The number of nitrogens with one attached hydrogen (secondary N) is 1. The Bertz CT molecular complexity index is 1230. The van der Waals surface area contributed by atoms with Gasteiger partial charge in [0.2, 0.25) is 11.8 Å². The van der Waals surface area contributed by atoms with Crippen LogP contribution < -0.4 is 16.8 Å². The van der Waals surface area contributed by atoms with Crippen LogP contribution >= 0.6 is 0 Å². The molecule has 0 aliphatic heterocycles. The van der Waals surface area contributed by atoms with Gasteiger partial charge < -0.3 is 20.7 Å². The molecule has 0 saturated carbocycles. The molecule has 1 unspecified atom stereocenters. The van der Waals surface area contributed by atoms with E-state index in [1.165, 1.54) is 0 Å². The molecule has 3 aromatic rings. The Labute approximate surface area is 211 Å². The fraction of sp³-hybridized carbons (Fsp3) is 0.462. The first-order valence-electron chi connectivity index (χ1n) is 11.8. The molecule has 1 aromatic carbocycles. The van der Waals surface area contributed by atoms with Crippen LogP contribution in [0.3, 0.4) is 0 Å². The van der Waals surface area contributed by atoms with E-state index in [4.69, 9.17) is 20.7 Å². The number of primary amides is 1. The number of anilines is 2. The number of nitrogen functional groups attached to an aromatic ring is 1. The van der Waals surface area contributed by atoms with Crippen molar-refractivity contribution in [2.45, 2.75) is 59.4 Å². The topological polar surface area (TPSA) is 151 Å². The summed E-state index contributed by atoms with van der Waals surface area (Å²) >= 11 is 0. The summed E-state index contributed by atoms with van der Waals surface area (Å²) in [7, 11) is 1.58. The van der Waals surface area contributed by atoms with Crippen LogP contribution in [0.2, 0.25) is 0 Å². The molecule has 0 bridgehead atoms. The Balaban J connectivity index is 1.81. The Morgan fingerprint density at radius 1 is 1.17 bits per heavy atom. The molecule has 2 aromatic heterocycles. The van der Waals surface area contributed by atoms with Gasteiger partial charge in [0.1, 0.15) is 17.1 Å². The zero-order chi connectivity index (χ0) is 26.8. The SMILES string of the molecule is COCC(C)(C)n1nc(-c2ccc(C(C)C(=O)Nc3cc(CC(C)(C)C)no3)cc2)c(C(N)=O)c1N. The number of hydrogen-bond acceptors (Lipinski definition) is 7. The quantitative estimate of drug-likeness (QED) is 0.406. The monoisotopic (exact) mass is 496 g/mol. The van der Waals surface area contributed by atoms with Gasteiger partial charge in [-0.3, -0.25) is 14.9 Å². The Hall–Kier alpha value is -3.66. The van der Waals surface area contributed by atoms with E-state index in [1.807, 2.05) is 26.0 Å². The van der Waals surface area contributed by atoms with Crippen molar-refractivity contribution in [2.75, 3.05) is 24.8 Å². The van der Waals surface area contributed by atoms with Crippen LogP contribution in [0.5, 0.6) is 0 Å². The van der Waals surface area contributed by atoms with E-state index in [9.17, 15) is 9.59 Å². The average Bonchev–Trinajstić information content (AvgIpc) is 3.35. The van der Waals surface area contributed by atoms with Gasteiger partial charge >= 0.3 is 0 Å². The molecular weight excluding hydrogens is 460 g/mol. The first-order valence-corrected chi connectivity index (χ1v) is 11.8. The van der Waals surface area contributed by atoms with Crippen LogP contribution in [0, 0.1) is 5.41 Å². The van der Waals surface area contributed by atoms with E-state index in [0.29, 0.717) is 23.7 Å². The highest BCUT2D eigenvalue weighted by molar-refractivity contribution is 6.03. The molecule has 194 valence electrons. The maximum atomic E-state index is 12.8. The Morgan fingerprint density at radius 2 is 1.81 bits per heavy atom. The van der Waals surface area contributed by atoms with Crippen LogP contribution in [0.1, 0.15) is 69.1 Å². The van der Waals surface area contributed by atoms with Crippen LogP contribution in [0.25, 0.3) is 11.3 Å². The molecule has 0 aliphatic rings. The van der Waals surface area contributed by atoms with Crippen LogP contribution in [0.15, 0.2) is 34.9 Å². The number of nitrogens with zero attached hydrogens (tertiary/aromatic N) is 3. The zero-order valence-corrected chi connectivity index (χ0v) is 22.0. The standard InChI is InChI=1S/C26H36N6O4/c1-15(24(34)29-19-12-18(31-36-19)13-25(2,3)4)16-8-10-17(11-9-16)21-20(23(28)33)22(27)32(30-21)26(5,6)14-35-7/h8-12,15H,13-14,27H2,1-7H3,(H2,28,33)(H,29,34). The summed E-state index contributed by atoms with van der Waals surface area (Å²) in [5.41, 5.74) is 14.1. The van der Waals surface area contributed by atoms with Gasteiger partial charge in [0.05, 0.1) is 23.8 Å². The van der Waals surface area contributed by atoms with E-state index < -0.39 is 17.4 Å². The third kappa shape index (κ3) is 5.93. The lowest BCUT2D eigenvalue weighted by molar-refractivity contribution is -0.117. The number of methoxy groups -OCH3 is 1. The number of ether oxygens (including phenoxy) is 1. The summed E-state index contributed by atoms with van der Waals surface area (Å²) in [6, 6.07) is 8.94. The lowest BCUT2D eigenvalue weighted by atomic mass is 9.91. The van der Waals surface area contributed by atoms with E-state index in [1.54, 1.807) is 36.9 Å². The summed E-state index contributed by atoms with van der Waals surface area (Å²) in [6.45, 7) is 12.3. The van der Waals surface area contributed by atoms with Crippen molar-refractivity contribution in [3.63, 3.8) is 0 Å². The molecule has 3 rings (SSSR count). The lowest BCUT2D eigenvalue weighted by Crippen LogP contribution is -2.33. The molecule has 2 amide bonds. The van der Waals surface area contributed by atoms with Crippen molar-refractivity contribution >= 4 is 23.5 Å². The summed E-state index contributed by atoms with van der Waals surface area (Å²) < 4.78 is 12.1. The van der Waals surface area contributed by atoms with Gasteiger partial charge in [0.25, 0.3) is 5.91 Å². The van der Waals surface area contributed by atoms with Gasteiger partial charge in [0.15, 0.2) is 0 Å². The van der Waals surface area contributed by atoms with Crippen molar-refractivity contribution in [2.24, 2.45) is 11.1 Å². The van der Waals surface area contributed by atoms with Crippen LogP contribution in [-0.2, 0) is 21.5 Å². The predicted molar refractivity (Wildman–Crippen MR) is 138 cm³/mol. The first kappa shape index (κ1) is 26.9. The maximum Gasteiger partial charge on any atom is 0.254 e. The molecule has 1 atom stereocenters. The molecule has 10 heteroatoms. The molecule has 5 N–H and O–H groups in total. The minimum atomic E-state index is -0.670. The largest absolute Gasteiger partial charge is 0.383 e. The Kier molecular flexibility index (Phi) is 7.59. The van der Waals surface area contributed by atoms with Crippen molar-refractivity contribution in [1.82, 2.24) is 14.9 Å². The van der Waals surface area contributed by atoms with E-state index in [0.717, 1.165) is 17.7 Å². The molecule has 36 heavy (non-hydrogen) atoms. The fourth-order valence-corrected chi connectivity index (χ4v) is 4.06. The van der Waals surface area contributed by atoms with Crippen molar-refractivity contribution in [3.8, 4) is 11.3 Å². The van der Waals surface area contributed by atoms with Gasteiger partial charge in [-0.05, 0) is 38.2 Å². The molecule has 0 aliphatic carbocycles. The fourth-order valence-electron chi connectivity index (χ4n) is 4.06. The third-order valence-electron chi connectivity index (χ3n) is 5.83. The van der Waals surface area contributed by atoms with Gasteiger partial charge in [-0.25, -0.2) is 4.68 Å². The number of carbonyl (C=O) groups excluding carboxylic acids is 2. The predicted octanol–water partition coefficient (Wildman–Crippen LogP) is 3.93. The van der Waals surface area contributed by atoms with Gasteiger partial charge in [-0.15, -0.1) is 0 Å². The normalized spacial score (nSPS) is 13.0. The number of carbonyl (C=O) groups is 2. The van der Waals surface area contributed by atoms with Crippen molar-refractivity contribution in [1.29, 1.82) is 0 Å². The minimum Gasteiger partial charge on any atom is -0.383 e. The van der Waals surface area contributed by atoms with Crippen molar-refractivity contribution in [3.05, 3.63) is 47.2 Å². The number of rotatable bonds is 9. The second-order valence-electron chi connectivity index (χ2n) is 10.9. The van der Waals surface area contributed by atoms with E-state index >= 15 is 0 Å². The lowest BCUT2D eigenvalue weighted by Gasteiger charge is -2.25. The summed E-state index contributed by atoms with van der Waals surface area (Å²) in [5.74, 6) is -0.873. The highest BCUT2D eigenvalue weighted by atomic mass is 16.5. The average molecular weight is 497 g/mol. The van der Waals surface area contributed by atoms with E-state index in [-0.39, 0.29) is 22.7 Å². The number of hydrogen-bond donors (Lipinski definition) is 3. The third-order valence-corrected chi connectivity index (χ3v) is 5.83. The molecule has 0 fully saturated rings. The molecule has 0 radical (unpaired) electrons. The molecule has 2 heterocycles. The maximum absolute atomic E-state index is 12.8. The molecular formula is C26H36N6O4. The Morgan fingerprint density at radius 3 is 2.36 bits per heavy atom. The smallest absolute Gasteiger partial charge is 0.254 e. The highest BCUT2D eigenvalue weighted by Gasteiger charge is 2.30. The summed E-state index contributed by atoms with van der Waals surface area (Å²) in [5, 5.41) is 11.4. The summed E-state index contributed by atoms with van der Waals surface area (Å²) in [4.78, 5) is 25.0. The van der Waals surface area contributed by atoms with Gasteiger partial charge in [-0.2, -0.15) is 5.10 Å². The summed E-state index contributed by atoms with van der Waals surface area (Å²) in [6.07, 6.45) is 0.736. The minimum absolute atomic E-state index is 0.0571. The second kappa shape index (κ2) is 10.1. The number of amides is 2. The molecule has 10 nitrogen and oxygen atoms in total. The van der Waals surface area contributed by atoms with Crippen LogP contribution in [-0.4, -0.2) is 40.5 Å². The second-order valence-corrected chi connectivity index (χ2v) is 10.9. The van der Waals surface area contributed by atoms with Gasteiger partial charge in [0, 0.05) is 18.7 Å². The first-order chi connectivity index (χ1) is 16.7.